The lowest BCUT2D eigenvalue weighted by Crippen LogP contribution is -2.46. The zero-order valence-corrected chi connectivity index (χ0v) is 11.1. The molecule has 0 bridgehead atoms. The van der Waals surface area contributed by atoms with Gasteiger partial charge in [0.05, 0.1) is 25.9 Å². The van der Waals surface area contributed by atoms with Crippen LogP contribution in [0, 0.1) is 0 Å². The van der Waals surface area contributed by atoms with Crippen LogP contribution in [-0.4, -0.2) is 38.5 Å². The lowest BCUT2D eigenvalue weighted by molar-refractivity contribution is -0.102. The summed E-state index contributed by atoms with van der Waals surface area (Å²) >= 11 is 0. The number of nitrogens with one attached hydrogen (secondary N) is 1. The lowest BCUT2D eigenvalue weighted by Gasteiger charge is -2.31. The molecule has 0 amide bonds. The summed E-state index contributed by atoms with van der Waals surface area (Å²) in [5.41, 5.74) is 0. The third-order valence-electron chi connectivity index (χ3n) is 3.18. The minimum Gasteiger partial charge on any atom is -0.376 e. The van der Waals surface area contributed by atoms with Gasteiger partial charge in [0, 0.05) is 6.04 Å². The average molecular weight is 241 g/mol. The van der Waals surface area contributed by atoms with Crippen LogP contribution in [0.3, 0.4) is 0 Å². The highest BCUT2D eigenvalue weighted by Gasteiger charge is 2.23. The number of rotatable bonds is 9. The van der Waals surface area contributed by atoms with Gasteiger partial charge in [-0.3, -0.25) is 0 Å². The molecule has 0 aliphatic carbocycles. The third-order valence-corrected chi connectivity index (χ3v) is 3.18. The molecule has 0 aromatic carbocycles. The van der Waals surface area contributed by atoms with Gasteiger partial charge in [0.15, 0.2) is 0 Å². The predicted octanol–water partition coefficient (Wildman–Crippen LogP) is 2.52. The molecule has 2 unspecified atom stereocenters. The molecule has 0 radical (unpaired) electrons. The van der Waals surface area contributed by atoms with Crippen molar-refractivity contribution in [1.82, 2.24) is 5.32 Å². The fraction of sp³-hybridized carbons (Fsp3) is 0.857. The first-order valence-electron chi connectivity index (χ1n) is 6.92. The van der Waals surface area contributed by atoms with Gasteiger partial charge >= 0.3 is 0 Å². The van der Waals surface area contributed by atoms with Crippen molar-refractivity contribution in [2.24, 2.45) is 0 Å². The maximum Gasteiger partial charge on any atom is 0.0962 e. The number of hydrogen-bond acceptors (Lipinski definition) is 3. The monoisotopic (exact) mass is 241 g/mol. The van der Waals surface area contributed by atoms with Crippen LogP contribution in [-0.2, 0) is 9.47 Å². The molecule has 0 saturated carbocycles. The van der Waals surface area contributed by atoms with E-state index >= 15 is 0 Å². The van der Waals surface area contributed by atoms with Crippen molar-refractivity contribution in [3.63, 3.8) is 0 Å². The predicted molar refractivity (Wildman–Crippen MR) is 71.3 cm³/mol. The second-order valence-corrected chi connectivity index (χ2v) is 4.58. The highest BCUT2D eigenvalue weighted by atomic mass is 16.6. The molecule has 2 atom stereocenters. The summed E-state index contributed by atoms with van der Waals surface area (Å²) < 4.78 is 11.2. The smallest absolute Gasteiger partial charge is 0.0962 e. The Morgan fingerprint density at radius 1 is 1.35 bits per heavy atom. The van der Waals surface area contributed by atoms with Crippen molar-refractivity contribution >= 4 is 0 Å². The summed E-state index contributed by atoms with van der Waals surface area (Å²) in [6.07, 6.45) is 8.34. The van der Waals surface area contributed by atoms with Gasteiger partial charge in [-0.25, -0.2) is 0 Å². The van der Waals surface area contributed by atoms with Crippen molar-refractivity contribution in [3.05, 3.63) is 12.7 Å². The Hall–Kier alpha value is -0.380. The number of hydrogen-bond donors (Lipinski definition) is 1. The molecule has 3 nitrogen and oxygen atoms in total. The molecule has 0 aromatic heterocycles. The maximum atomic E-state index is 5.77. The van der Waals surface area contributed by atoms with E-state index in [1.54, 1.807) is 0 Å². The summed E-state index contributed by atoms with van der Waals surface area (Å²) in [4.78, 5) is 0. The van der Waals surface area contributed by atoms with Crippen LogP contribution >= 0.6 is 0 Å². The number of allylic oxidation sites excluding steroid dienone is 1. The average Bonchev–Trinajstić information content (AvgIpc) is 2.38. The van der Waals surface area contributed by atoms with Crippen LogP contribution in [0.1, 0.15) is 39.0 Å². The second-order valence-electron chi connectivity index (χ2n) is 4.58. The van der Waals surface area contributed by atoms with Gasteiger partial charge in [-0.05, 0) is 25.8 Å². The zero-order chi connectivity index (χ0) is 12.3. The highest BCUT2D eigenvalue weighted by molar-refractivity contribution is 4.78. The molecule has 3 heteroatoms. The standard InChI is InChI=1S/C14H27NO2/c1-3-5-6-7-8-9-13(15-4-2)14-12-16-10-11-17-14/h3,13-15H,1,4-12H2,2H3. The van der Waals surface area contributed by atoms with E-state index in [4.69, 9.17) is 9.47 Å². The van der Waals surface area contributed by atoms with Crippen LogP contribution in [0.25, 0.3) is 0 Å². The van der Waals surface area contributed by atoms with Gasteiger partial charge in [0.1, 0.15) is 0 Å². The molecular formula is C14H27NO2. The highest BCUT2D eigenvalue weighted by Crippen LogP contribution is 2.13. The van der Waals surface area contributed by atoms with Crippen LogP contribution in [0.5, 0.6) is 0 Å². The Morgan fingerprint density at radius 2 is 2.24 bits per heavy atom. The first-order valence-corrected chi connectivity index (χ1v) is 6.92. The normalized spacial score (nSPS) is 22.3. The van der Waals surface area contributed by atoms with Crippen molar-refractivity contribution in [2.75, 3.05) is 26.4 Å². The molecule has 1 aliphatic heterocycles. The third kappa shape index (κ3) is 6.20. The van der Waals surface area contributed by atoms with Gasteiger partial charge in [0.2, 0.25) is 0 Å². The van der Waals surface area contributed by atoms with Crippen LogP contribution in [0.15, 0.2) is 12.7 Å². The lowest BCUT2D eigenvalue weighted by atomic mass is 10.0. The molecule has 100 valence electrons. The number of likely N-dealkylation sites (N-methyl/N-ethyl adjacent to an activating group) is 1. The summed E-state index contributed by atoms with van der Waals surface area (Å²) in [6, 6.07) is 0.448. The van der Waals surface area contributed by atoms with E-state index in [-0.39, 0.29) is 6.10 Å². The summed E-state index contributed by atoms with van der Waals surface area (Å²) in [7, 11) is 0. The van der Waals surface area contributed by atoms with Crippen LogP contribution in [0.2, 0.25) is 0 Å². The second kappa shape index (κ2) is 9.63. The van der Waals surface area contributed by atoms with E-state index < -0.39 is 0 Å². The van der Waals surface area contributed by atoms with Gasteiger partial charge in [-0.1, -0.05) is 25.8 Å². The largest absolute Gasteiger partial charge is 0.376 e. The minimum atomic E-state index is 0.239. The van der Waals surface area contributed by atoms with Crippen LogP contribution in [0.4, 0.5) is 0 Å². The van der Waals surface area contributed by atoms with E-state index in [0.29, 0.717) is 6.04 Å². The quantitative estimate of drug-likeness (QED) is 0.497. The zero-order valence-electron chi connectivity index (χ0n) is 11.1. The molecule has 1 aliphatic rings. The Kier molecular flexibility index (Phi) is 8.32. The molecular weight excluding hydrogens is 214 g/mol. The van der Waals surface area contributed by atoms with E-state index in [1.807, 2.05) is 6.08 Å². The summed E-state index contributed by atoms with van der Waals surface area (Å²) in [6.45, 7) is 9.12. The number of unbranched alkanes of at least 4 members (excludes halogenated alkanes) is 3. The Bertz CT molecular complexity index is 191. The summed E-state index contributed by atoms with van der Waals surface area (Å²) in [5.74, 6) is 0. The fourth-order valence-corrected chi connectivity index (χ4v) is 2.25. The van der Waals surface area contributed by atoms with Gasteiger partial charge in [0.25, 0.3) is 0 Å². The van der Waals surface area contributed by atoms with Gasteiger partial charge in [-0.15, -0.1) is 6.58 Å². The molecule has 0 aromatic rings. The minimum absolute atomic E-state index is 0.239. The molecule has 1 rings (SSSR count). The fourth-order valence-electron chi connectivity index (χ4n) is 2.25. The topological polar surface area (TPSA) is 30.5 Å². The van der Waals surface area contributed by atoms with Crippen molar-refractivity contribution < 1.29 is 9.47 Å². The van der Waals surface area contributed by atoms with Crippen molar-refractivity contribution in [1.29, 1.82) is 0 Å². The molecule has 1 N–H and O–H groups in total. The van der Waals surface area contributed by atoms with Gasteiger partial charge < -0.3 is 14.8 Å². The first-order chi connectivity index (χ1) is 8.38. The Labute approximate surface area is 106 Å². The SMILES string of the molecule is C=CCCCCCC(NCC)C1COCCO1. The first kappa shape index (κ1) is 14.7. The van der Waals surface area contributed by atoms with Crippen LogP contribution < -0.4 is 5.32 Å². The summed E-state index contributed by atoms with van der Waals surface area (Å²) in [5, 5.41) is 3.52. The molecule has 0 spiro atoms. The van der Waals surface area contributed by atoms with Crippen molar-refractivity contribution in [3.8, 4) is 0 Å². The molecule has 1 fully saturated rings. The Balaban J connectivity index is 2.19. The van der Waals surface area contributed by atoms with E-state index in [9.17, 15) is 0 Å². The van der Waals surface area contributed by atoms with E-state index in [2.05, 4.69) is 18.8 Å². The van der Waals surface area contributed by atoms with E-state index in [0.717, 1.165) is 32.8 Å². The van der Waals surface area contributed by atoms with E-state index in [1.165, 1.54) is 25.7 Å². The maximum absolute atomic E-state index is 5.77. The molecule has 1 saturated heterocycles. The molecule has 17 heavy (non-hydrogen) atoms. The molecule has 1 heterocycles. The Morgan fingerprint density at radius 3 is 2.88 bits per heavy atom. The van der Waals surface area contributed by atoms with Crippen molar-refractivity contribution in [2.45, 2.75) is 51.2 Å². The van der Waals surface area contributed by atoms with Gasteiger partial charge in [-0.2, -0.15) is 0 Å². The number of ether oxygens (including phenoxy) is 2.